The quantitative estimate of drug-likeness (QED) is 0.245. The van der Waals surface area contributed by atoms with Gasteiger partial charge in [0.1, 0.15) is 12.4 Å². The summed E-state index contributed by atoms with van der Waals surface area (Å²) in [6.45, 7) is 4.31. The topological polar surface area (TPSA) is 82.6 Å². The van der Waals surface area contributed by atoms with Crippen LogP contribution in [0.5, 0.6) is 5.75 Å². The van der Waals surface area contributed by atoms with Crippen molar-refractivity contribution in [2.75, 3.05) is 6.61 Å². The van der Waals surface area contributed by atoms with Crippen LogP contribution in [-0.2, 0) is 32.0 Å². The fraction of sp³-hybridized carbons (Fsp3) is 0.462. The van der Waals surface area contributed by atoms with Gasteiger partial charge in [0, 0.05) is 12.6 Å². The molecule has 1 aliphatic heterocycles. The Morgan fingerprint density at radius 3 is 2.45 bits per heavy atom. The Morgan fingerprint density at radius 2 is 1.85 bits per heavy atom. The number of aryl methyl sites for hydroxylation is 1. The van der Waals surface area contributed by atoms with E-state index in [0.717, 1.165) is 48.6 Å². The Labute approximate surface area is 199 Å². The second-order valence-electron chi connectivity index (χ2n) is 8.16. The fourth-order valence-electron chi connectivity index (χ4n) is 3.54. The molecule has 0 aliphatic carbocycles. The van der Waals surface area contributed by atoms with Crippen molar-refractivity contribution in [1.29, 1.82) is 0 Å². The lowest BCUT2D eigenvalue weighted by molar-refractivity contribution is -0.151. The van der Waals surface area contributed by atoms with Crippen molar-refractivity contribution in [2.24, 2.45) is 0 Å². The van der Waals surface area contributed by atoms with Gasteiger partial charge in [0.2, 0.25) is 0 Å². The molecule has 0 N–H and O–H groups in total. The van der Waals surface area contributed by atoms with Crippen molar-refractivity contribution < 1.29 is 23.9 Å². The Kier molecular flexibility index (Phi) is 9.48. The van der Waals surface area contributed by atoms with Gasteiger partial charge >= 0.3 is 5.97 Å². The summed E-state index contributed by atoms with van der Waals surface area (Å²) in [7, 11) is 0. The largest absolute Gasteiger partial charge is 0.489 e. The van der Waals surface area contributed by atoms with Crippen LogP contribution in [0.3, 0.4) is 0 Å². The van der Waals surface area contributed by atoms with Gasteiger partial charge in [0.15, 0.2) is 17.0 Å². The summed E-state index contributed by atoms with van der Waals surface area (Å²) in [5.74, 6) is 0.384. The number of benzene rings is 1. The van der Waals surface area contributed by atoms with Crippen LogP contribution < -0.4 is 4.74 Å². The lowest BCUT2D eigenvalue weighted by atomic mass is 10.1. The molecule has 1 aliphatic rings. The highest BCUT2D eigenvalue weighted by Crippen LogP contribution is 2.28. The fourth-order valence-corrected chi connectivity index (χ4v) is 4.57. The van der Waals surface area contributed by atoms with Crippen LogP contribution in [0, 0.1) is 0 Å². The molecule has 176 valence electrons. The number of ether oxygens (including phenoxy) is 2. The van der Waals surface area contributed by atoms with Crippen molar-refractivity contribution in [1.82, 2.24) is 4.98 Å². The molecule has 1 fully saturated rings. The highest BCUT2D eigenvalue weighted by molar-refractivity contribution is 8.15. The molecule has 2 heterocycles. The molecule has 0 saturated carbocycles. The zero-order valence-electron chi connectivity index (χ0n) is 19.2. The number of aromatic nitrogens is 1. The zero-order valence-corrected chi connectivity index (χ0v) is 20.1. The van der Waals surface area contributed by atoms with E-state index >= 15 is 0 Å². The van der Waals surface area contributed by atoms with E-state index in [1.54, 1.807) is 6.20 Å². The number of nitrogens with zero attached hydrogens (tertiary/aromatic N) is 1. The van der Waals surface area contributed by atoms with Crippen LogP contribution in [0.15, 0.2) is 42.6 Å². The number of pyridine rings is 1. The molecule has 0 radical (unpaired) electrons. The summed E-state index contributed by atoms with van der Waals surface area (Å²) < 4.78 is 11.6. The summed E-state index contributed by atoms with van der Waals surface area (Å²) in [6, 6.07) is 11.3. The predicted octanol–water partition coefficient (Wildman–Crippen LogP) is 5.03. The van der Waals surface area contributed by atoms with Gasteiger partial charge in [-0.1, -0.05) is 56.7 Å². The van der Waals surface area contributed by atoms with E-state index in [1.807, 2.05) is 36.4 Å². The maximum Gasteiger partial charge on any atom is 0.306 e. The van der Waals surface area contributed by atoms with E-state index in [1.165, 1.54) is 0 Å². The van der Waals surface area contributed by atoms with Crippen molar-refractivity contribution in [3.05, 3.63) is 59.4 Å². The van der Waals surface area contributed by atoms with Crippen LogP contribution >= 0.6 is 11.8 Å². The lowest BCUT2D eigenvalue weighted by Gasteiger charge is -2.19. The second-order valence-corrected chi connectivity index (χ2v) is 9.42. The zero-order chi connectivity index (χ0) is 23.6. The first-order chi connectivity index (χ1) is 16.0. The van der Waals surface area contributed by atoms with Crippen LogP contribution in [0.2, 0.25) is 0 Å². The summed E-state index contributed by atoms with van der Waals surface area (Å²) in [5.41, 5.74) is 2.75. The van der Waals surface area contributed by atoms with Crippen LogP contribution in [0.1, 0.15) is 68.9 Å². The van der Waals surface area contributed by atoms with Gasteiger partial charge in [-0.2, -0.15) is 0 Å². The third-order valence-corrected chi connectivity index (χ3v) is 6.66. The average molecular weight is 470 g/mol. The number of ketones is 1. The number of Topliss-reactive ketones (excluding diaryl/α,β-unsaturated/α-hetero) is 1. The van der Waals surface area contributed by atoms with E-state index in [9.17, 15) is 14.4 Å². The number of thioether (sulfide) groups is 1. The summed E-state index contributed by atoms with van der Waals surface area (Å²) in [4.78, 5) is 40.1. The molecule has 2 aromatic rings. The Morgan fingerprint density at radius 1 is 1.09 bits per heavy atom. The number of unbranched alkanes of at least 4 members (excludes halogenated alkanes) is 2. The van der Waals surface area contributed by atoms with Gasteiger partial charge in [-0.05, 0) is 48.6 Å². The van der Waals surface area contributed by atoms with E-state index in [2.05, 4.69) is 18.8 Å². The predicted molar refractivity (Wildman–Crippen MR) is 128 cm³/mol. The molecular formula is C26H31NO5S. The molecule has 2 unspecified atom stereocenters. The SMILES string of the molecule is CCCCCC(=O)OC(COc1ccc(CC2SC(=O)CC2=O)cc1)c1ccc(CC)cn1. The third-order valence-electron chi connectivity index (χ3n) is 5.54. The standard InChI is InChI=1S/C26H31NO5S/c1-3-5-6-7-25(29)32-23(21-13-10-18(4-2)16-27-21)17-31-20-11-8-19(9-12-20)14-24-22(28)15-26(30)33-24/h8-13,16,23-24H,3-7,14-15,17H2,1-2H3. The molecule has 6 nitrogen and oxygen atoms in total. The first-order valence-corrected chi connectivity index (χ1v) is 12.4. The highest BCUT2D eigenvalue weighted by atomic mass is 32.2. The minimum absolute atomic E-state index is 0.00416. The van der Waals surface area contributed by atoms with Gasteiger partial charge in [-0.15, -0.1) is 0 Å². The Bertz CT molecular complexity index is 942. The minimum atomic E-state index is -0.594. The molecule has 1 aromatic carbocycles. The number of hydrogen-bond donors (Lipinski definition) is 0. The molecule has 2 atom stereocenters. The molecule has 0 spiro atoms. The Balaban J connectivity index is 1.60. The number of carbonyl (C=O) groups excluding carboxylic acids is 3. The van der Waals surface area contributed by atoms with Crippen molar-refractivity contribution >= 4 is 28.6 Å². The van der Waals surface area contributed by atoms with Gasteiger partial charge in [0.05, 0.1) is 17.4 Å². The maximum atomic E-state index is 12.3. The van der Waals surface area contributed by atoms with Gasteiger partial charge < -0.3 is 9.47 Å². The first-order valence-electron chi connectivity index (χ1n) is 11.6. The highest BCUT2D eigenvalue weighted by Gasteiger charge is 2.31. The molecule has 3 rings (SSSR count). The van der Waals surface area contributed by atoms with Gasteiger partial charge in [-0.3, -0.25) is 19.4 Å². The molecule has 1 aromatic heterocycles. The van der Waals surface area contributed by atoms with E-state index < -0.39 is 6.10 Å². The van der Waals surface area contributed by atoms with Crippen molar-refractivity contribution in [3.63, 3.8) is 0 Å². The summed E-state index contributed by atoms with van der Waals surface area (Å²) in [6.07, 6.45) is 5.87. The molecule has 1 saturated heterocycles. The number of rotatable bonds is 12. The summed E-state index contributed by atoms with van der Waals surface area (Å²) >= 11 is 1.12. The normalized spacial score (nSPS) is 16.6. The van der Waals surface area contributed by atoms with Crippen LogP contribution in [0.25, 0.3) is 0 Å². The van der Waals surface area contributed by atoms with Gasteiger partial charge in [-0.25, -0.2) is 0 Å². The minimum Gasteiger partial charge on any atom is -0.489 e. The van der Waals surface area contributed by atoms with E-state index in [4.69, 9.17) is 9.47 Å². The third kappa shape index (κ3) is 7.70. The first kappa shape index (κ1) is 25.0. The number of carbonyl (C=O) groups is 3. The number of hydrogen-bond acceptors (Lipinski definition) is 7. The van der Waals surface area contributed by atoms with Crippen molar-refractivity contribution in [3.8, 4) is 5.75 Å². The van der Waals surface area contributed by atoms with Gasteiger partial charge in [0.25, 0.3) is 0 Å². The molecule has 0 bridgehead atoms. The molecule has 0 amide bonds. The lowest BCUT2D eigenvalue weighted by Crippen LogP contribution is -2.19. The second kappa shape index (κ2) is 12.5. The van der Waals surface area contributed by atoms with Crippen LogP contribution in [0.4, 0.5) is 0 Å². The van der Waals surface area contributed by atoms with Crippen molar-refractivity contribution in [2.45, 2.75) is 70.1 Å². The Hall–Kier alpha value is -2.67. The van der Waals surface area contributed by atoms with Crippen LogP contribution in [-0.4, -0.2) is 33.7 Å². The summed E-state index contributed by atoms with van der Waals surface area (Å²) in [5, 5.41) is -0.348. The monoisotopic (exact) mass is 469 g/mol. The number of esters is 1. The van der Waals surface area contributed by atoms with E-state index in [0.29, 0.717) is 24.3 Å². The maximum absolute atomic E-state index is 12.3. The average Bonchev–Trinajstić information content (AvgIpc) is 3.14. The smallest absolute Gasteiger partial charge is 0.306 e. The van der Waals surface area contributed by atoms with E-state index in [-0.39, 0.29) is 35.1 Å². The molecule has 7 heteroatoms. The molecule has 33 heavy (non-hydrogen) atoms. The molecular weight excluding hydrogens is 438 g/mol.